The number of nitrogens with zero attached hydrogens (tertiary/aromatic N) is 4. The van der Waals surface area contributed by atoms with Gasteiger partial charge < -0.3 is 21.3 Å². The van der Waals surface area contributed by atoms with E-state index in [1.54, 1.807) is 4.90 Å². The number of benzene rings is 2. The molecule has 0 aliphatic carbocycles. The van der Waals surface area contributed by atoms with E-state index in [-0.39, 0.29) is 18.7 Å². The van der Waals surface area contributed by atoms with Gasteiger partial charge in [-0.2, -0.15) is 0 Å². The van der Waals surface area contributed by atoms with Crippen LogP contribution >= 0.6 is 11.6 Å². The molecule has 1 aromatic heterocycles. The number of aromatic nitrogens is 2. The largest absolute Gasteiger partial charge is 0.370 e. The molecular weight excluding hydrogens is 428 g/mol. The first-order chi connectivity index (χ1) is 15.4. The van der Waals surface area contributed by atoms with Crippen molar-refractivity contribution in [3.8, 4) is 11.3 Å². The van der Waals surface area contributed by atoms with Gasteiger partial charge in [-0.25, -0.2) is 0 Å². The lowest BCUT2D eigenvalue weighted by Gasteiger charge is -2.36. The summed E-state index contributed by atoms with van der Waals surface area (Å²) < 4.78 is 0. The van der Waals surface area contributed by atoms with Crippen molar-refractivity contribution in [2.24, 2.45) is 11.5 Å². The molecule has 2 aromatic carbocycles. The van der Waals surface area contributed by atoms with Gasteiger partial charge in [0.2, 0.25) is 11.8 Å². The summed E-state index contributed by atoms with van der Waals surface area (Å²) in [6, 6.07) is 14.9. The number of hydrogen-bond donors (Lipinski definition) is 2. The number of carbonyl (C=O) groups is 2. The fourth-order valence-corrected chi connectivity index (χ4v) is 4.06. The molecule has 1 fully saturated rings. The van der Waals surface area contributed by atoms with E-state index in [0.717, 1.165) is 27.8 Å². The highest BCUT2D eigenvalue weighted by atomic mass is 35.5. The number of nitrogens with two attached hydrogens (primary N) is 2. The van der Waals surface area contributed by atoms with Crippen molar-refractivity contribution in [3.63, 3.8) is 0 Å². The van der Waals surface area contributed by atoms with Crippen molar-refractivity contribution in [1.82, 2.24) is 15.1 Å². The van der Waals surface area contributed by atoms with E-state index in [1.165, 1.54) is 0 Å². The topological polar surface area (TPSA) is 118 Å². The minimum Gasteiger partial charge on any atom is -0.370 e. The monoisotopic (exact) mass is 452 g/mol. The number of halogens is 1. The molecule has 1 saturated heterocycles. The van der Waals surface area contributed by atoms with Gasteiger partial charge in [0.05, 0.1) is 6.04 Å². The third-order valence-corrected chi connectivity index (χ3v) is 5.95. The molecule has 1 atom stereocenters. The number of rotatable bonds is 6. The zero-order valence-corrected chi connectivity index (χ0v) is 18.3. The molecule has 8 nitrogen and oxygen atoms in total. The number of primary amides is 1. The normalized spacial score (nSPS) is 15.1. The fraction of sp³-hybridized carbons (Fsp3) is 0.304. The molecule has 2 amide bonds. The Balaban J connectivity index is 1.52. The van der Waals surface area contributed by atoms with E-state index in [2.05, 4.69) is 15.1 Å². The first kappa shape index (κ1) is 22.0. The Morgan fingerprint density at radius 1 is 0.969 bits per heavy atom. The quantitative estimate of drug-likeness (QED) is 0.591. The van der Waals surface area contributed by atoms with Crippen LogP contribution in [0.3, 0.4) is 0 Å². The zero-order valence-electron chi connectivity index (χ0n) is 17.6. The van der Waals surface area contributed by atoms with Crippen molar-refractivity contribution in [2.45, 2.75) is 18.9 Å². The summed E-state index contributed by atoms with van der Waals surface area (Å²) in [6.45, 7) is 2.29. The molecule has 0 radical (unpaired) electrons. The summed E-state index contributed by atoms with van der Waals surface area (Å²) in [4.78, 5) is 27.4. The SMILES string of the molecule is NC(=O)CCC(N)C(=O)N1CCN(c2nnc(-c3ccc(Cl)cc3)c3ccccc23)CC1. The molecule has 4 rings (SSSR count). The van der Waals surface area contributed by atoms with Gasteiger partial charge in [-0.15, -0.1) is 10.2 Å². The number of amides is 2. The van der Waals surface area contributed by atoms with Gasteiger partial charge in [-0.05, 0) is 18.6 Å². The first-order valence-electron chi connectivity index (χ1n) is 10.5. The van der Waals surface area contributed by atoms with Crippen LogP contribution in [0.1, 0.15) is 12.8 Å². The Hall–Kier alpha value is -3.23. The predicted molar refractivity (Wildman–Crippen MR) is 125 cm³/mol. The lowest BCUT2D eigenvalue weighted by atomic mass is 10.0. The van der Waals surface area contributed by atoms with Gasteiger partial charge in [-0.3, -0.25) is 9.59 Å². The van der Waals surface area contributed by atoms with Crippen LogP contribution in [0.2, 0.25) is 5.02 Å². The van der Waals surface area contributed by atoms with Gasteiger partial charge in [0.1, 0.15) is 5.69 Å². The van der Waals surface area contributed by atoms with Gasteiger partial charge in [-0.1, -0.05) is 48.0 Å². The number of fused-ring (bicyclic) bond motifs is 1. The second kappa shape index (κ2) is 9.50. The van der Waals surface area contributed by atoms with E-state index in [1.807, 2.05) is 48.5 Å². The van der Waals surface area contributed by atoms with Crippen molar-refractivity contribution < 1.29 is 9.59 Å². The molecule has 1 aliphatic heterocycles. The fourth-order valence-electron chi connectivity index (χ4n) is 3.94. The van der Waals surface area contributed by atoms with Gasteiger partial charge in [0.25, 0.3) is 0 Å². The van der Waals surface area contributed by atoms with E-state index in [9.17, 15) is 9.59 Å². The highest BCUT2D eigenvalue weighted by Gasteiger charge is 2.27. The molecule has 2 heterocycles. The Kier molecular flexibility index (Phi) is 6.53. The molecule has 0 saturated carbocycles. The summed E-state index contributed by atoms with van der Waals surface area (Å²) in [7, 11) is 0. The number of hydrogen-bond acceptors (Lipinski definition) is 6. The van der Waals surface area contributed by atoms with Crippen molar-refractivity contribution in [1.29, 1.82) is 0 Å². The third-order valence-electron chi connectivity index (χ3n) is 5.70. The first-order valence-corrected chi connectivity index (χ1v) is 10.9. The van der Waals surface area contributed by atoms with Crippen LogP contribution in [0.25, 0.3) is 22.0 Å². The number of anilines is 1. The van der Waals surface area contributed by atoms with Gasteiger partial charge in [0, 0.05) is 54.0 Å². The van der Waals surface area contributed by atoms with Crippen LogP contribution in [0, 0.1) is 0 Å². The van der Waals surface area contributed by atoms with Crippen molar-refractivity contribution in [3.05, 3.63) is 53.6 Å². The smallest absolute Gasteiger partial charge is 0.239 e. The van der Waals surface area contributed by atoms with Crippen LogP contribution in [-0.2, 0) is 9.59 Å². The van der Waals surface area contributed by atoms with E-state index in [0.29, 0.717) is 31.2 Å². The zero-order chi connectivity index (χ0) is 22.7. The average Bonchev–Trinajstić information content (AvgIpc) is 2.82. The summed E-state index contributed by atoms with van der Waals surface area (Å²) in [5, 5.41) is 11.8. The Labute approximate surface area is 191 Å². The third kappa shape index (κ3) is 4.66. The summed E-state index contributed by atoms with van der Waals surface area (Å²) in [6.07, 6.45) is 0.366. The second-order valence-corrected chi connectivity index (χ2v) is 8.28. The molecule has 166 valence electrons. The highest BCUT2D eigenvalue weighted by Crippen LogP contribution is 2.32. The molecule has 3 aromatic rings. The summed E-state index contributed by atoms with van der Waals surface area (Å²) in [5.41, 5.74) is 12.9. The molecule has 1 unspecified atom stereocenters. The molecule has 9 heteroatoms. The molecule has 1 aliphatic rings. The number of carbonyl (C=O) groups excluding carboxylic acids is 2. The van der Waals surface area contributed by atoms with Crippen LogP contribution < -0.4 is 16.4 Å². The van der Waals surface area contributed by atoms with Crippen LogP contribution in [-0.4, -0.2) is 59.1 Å². The van der Waals surface area contributed by atoms with Crippen molar-refractivity contribution >= 4 is 40.0 Å². The maximum Gasteiger partial charge on any atom is 0.239 e. The summed E-state index contributed by atoms with van der Waals surface area (Å²) in [5.74, 6) is 0.189. The summed E-state index contributed by atoms with van der Waals surface area (Å²) >= 11 is 6.03. The van der Waals surface area contributed by atoms with E-state index < -0.39 is 11.9 Å². The predicted octanol–water partition coefficient (Wildman–Crippen LogP) is 2.19. The Bertz CT molecular complexity index is 1130. The van der Waals surface area contributed by atoms with Gasteiger partial charge in [0.15, 0.2) is 5.82 Å². The Morgan fingerprint density at radius 2 is 1.62 bits per heavy atom. The molecule has 4 N–H and O–H groups in total. The van der Waals surface area contributed by atoms with E-state index >= 15 is 0 Å². The lowest BCUT2D eigenvalue weighted by molar-refractivity contribution is -0.133. The maximum atomic E-state index is 12.6. The molecular formula is C23H25ClN6O2. The molecule has 32 heavy (non-hydrogen) atoms. The highest BCUT2D eigenvalue weighted by molar-refractivity contribution is 6.30. The maximum absolute atomic E-state index is 12.6. The molecule has 0 spiro atoms. The van der Waals surface area contributed by atoms with E-state index in [4.69, 9.17) is 23.1 Å². The minimum atomic E-state index is -0.715. The van der Waals surface area contributed by atoms with Crippen LogP contribution in [0.15, 0.2) is 48.5 Å². The van der Waals surface area contributed by atoms with Crippen molar-refractivity contribution in [2.75, 3.05) is 31.1 Å². The Morgan fingerprint density at radius 3 is 2.28 bits per heavy atom. The van der Waals surface area contributed by atoms with Crippen LogP contribution in [0.4, 0.5) is 5.82 Å². The minimum absolute atomic E-state index is 0.106. The molecule has 0 bridgehead atoms. The van der Waals surface area contributed by atoms with Crippen LogP contribution in [0.5, 0.6) is 0 Å². The van der Waals surface area contributed by atoms with Gasteiger partial charge >= 0.3 is 0 Å². The standard InChI is InChI=1S/C23H25ClN6O2/c24-16-7-5-15(6-8-16)21-17-3-1-2-4-18(17)22(28-27-21)29-11-13-30(14-12-29)23(32)19(25)9-10-20(26)31/h1-8,19H,9-14,25H2,(H2,26,31). The lowest BCUT2D eigenvalue weighted by Crippen LogP contribution is -2.53. The average molecular weight is 453 g/mol. The number of piperazine rings is 1. The second-order valence-electron chi connectivity index (χ2n) is 7.85.